The molecule has 1 heterocycles. The van der Waals surface area contributed by atoms with E-state index in [0.29, 0.717) is 3.79 Å². The Kier molecular flexibility index (Phi) is 3.74. The fourth-order valence-electron chi connectivity index (χ4n) is 0.714. The second-order valence-corrected chi connectivity index (χ2v) is 7.06. The van der Waals surface area contributed by atoms with Crippen LogP contribution in [0.4, 0.5) is 0 Å². The molecule has 0 aliphatic carbocycles. The fraction of sp³-hybridized carbons (Fsp3) is 0. The topological polar surface area (TPSA) is 98.2 Å². The van der Waals surface area contributed by atoms with Crippen molar-refractivity contribution in [3.05, 3.63) is 19.8 Å². The van der Waals surface area contributed by atoms with E-state index in [1.165, 1.54) is 17.4 Å². The largest absolute Gasteiger partial charge is 0.300 e. The number of carbonyl (C=O) groups is 1. The van der Waals surface area contributed by atoms with E-state index in [1.54, 1.807) is 0 Å². The fourth-order valence-corrected chi connectivity index (χ4v) is 3.15. The Balaban J connectivity index is 2.90. The van der Waals surface area contributed by atoms with Gasteiger partial charge in [-0.05, 0) is 22.0 Å². The van der Waals surface area contributed by atoms with Gasteiger partial charge >= 0.3 is 7.59 Å². The van der Waals surface area contributed by atoms with Gasteiger partial charge < -0.3 is 0 Å². The molecule has 1 aromatic rings. The molecule has 0 aliphatic heterocycles. The number of carbonyl (C=O) groups excluding carboxylic acids is 1. The lowest BCUT2D eigenvalue weighted by Gasteiger charge is -2.07. The Morgan fingerprint density at radius 1 is 1.64 bits per heavy atom. The van der Waals surface area contributed by atoms with Crippen LogP contribution < -0.4 is 16.1 Å². The third kappa shape index (κ3) is 3.34. The smallest absolute Gasteiger partial charge is 0.279 e. The van der Waals surface area contributed by atoms with Crippen LogP contribution in [0, 0.1) is 0 Å². The maximum absolute atomic E-state index is 11.4. The molecule has 1 aromatic heterocycles. The van der Waals surface area contributed by atoms with E-state index < -0.39 is 13.5 Å². The Labute approximate surface area is 97.5 Å². The first kappa shape index (κ1) is 12.2. The summed E-state index contributed by atoms with van der Waals surface area (Å²) in [5, 5.41) is 1.96. The van der Waals surface area contributed by atoms with Crippen molar-refractivity contribution in [3.63, 3.8) is 0 Å². The average Bonchev–Trinajstić information content (AvgIpc) is 2.26. The summed E-state index contributed by atoms with van der Waals surface area (Å²) >= 11 is 10.1. The van der Waals surface area contributed by atoms with E-state index in [-0.39, 0.29) is 9.90 Å². The van der Waals surface area contributed by atoms with Crippen LogP contribution >= 0.6 is 46.5 Å². The van der Waals surface area contributed by atoms with E-state index in [0.717, 1.165) is 0 Å². The maximum Gasteiger partial charge on any atom is 0.300 e. The predicted molar refractivity (Wildman–Crippen MR) is 60.5 cm³/mol. The number of rotatable bonds is 2. The normalized spacial score (nSPS) is 11.4. The van der Waals surface area contributed by atoms with Crippen molar-refractivity contribution in [1.29, 1.82) is 0 Å². The molecule has 0 aromatic carbocycles. The Bertz CT molecular complexity index is 417. The molecule has 0 radical (unpaired) electrons. The number of amides is 1. The first-order valence-electron chi connectivity index (χ1n) is 3.24. The predicted octanol–water partition coefficient (Wildman–Crippen LogP) is 1.92. The lowest BCUT2D eigenvalue weighted by atomic mass is 10.3. The molecule has 0 fully saturated rings. The van der Waals surface area contributed by atoms with Gasteiger partial charge in [-0.3, -0.25) is 25.5 Å². The summed E-state index contributed by atoms with van der Waals surface area (Å²) in [6.45, 7) is 0. The van der Waals surface area contributed by atoms with Crippen molar-refractivity contribution in [2.24, 2.45) is 11.0 Å². The van der Waals surface area contributed by atoms with Crippen LogP contribution in [0.1, 0.15) is 10.4 Å². The van der Waals surface area contributed by atoms with Crippen molar-refractivity contribution in [3.8, 4) is 0 Å². The quantitative estimate of drug-likeness (QED) is 0.726. The van der Waals surface area contributed by atoms with Gasteiger partial charge in [0, 0.05) is 0 Å². The van der Waals surface area contributed by atoms with Crippen LogP contribution in [-0.4, -0.2) is 5.91 Å². The number of thiophene rings is 1. The molecular weight excluding hydrogens is 312 g/mol. The van der Waals surface area contributed by atoms with Crippen molar-refractivity contribution >= 4 is 52.4 Å². The Hall–Kier alpha value is 0.0900. The summed E-state index contributed by atoms with van der Waals surface area (Å²) < 4.78 is 11.9. The molecule has 5 N–H and O–H groups in total. The number of nitrogens with one attached hydrogen (secondary N) is 1. The van der Waals surface area contributed by atoms with Gasteiger partial charge in [0.25, 0.3) is 5.91 Å². The lowest BCUT2D eigenvalue weighted by Crippen LogP contribution is -2.28. The average molecular weight is 319 g/mol. The van der Waals surface area contributed by atoms with Crippen LogP contribution in [0.5, 0.6) is 0 Å². The van der Waals surface area contributed by atoms with Gasteiger partial charge in [-0.1, -0.05) is 11.6 Å². The zero-order valence-corrected chi connectivity index (χ0v) is 10.7. The highest BCUT2D eigenvalue weighted by molar-refractivity contribution is 9.11. The molecule has 0 bridgehead atoms. The van der Waals surface area contributed by atoms with Gasteiger partial charge in [0.1, 0.15) is 4.34 Å². The molecule has 0 spiro atoms. The monoisotopic (exact) mass is 317 g/mol. The van der Waals surface area contributed by atoms with Gasteiger partial charge in [0.05, 0.1) is 9.35 Å². The van der Waals surface area contributed by atoms with E-state index >= 15 is 0 Å². The van der Waals surface area contributed by atoms with Crippen molar-refractivity contribution in [1.82, 2.24) is 5.09 Å². The van der Waals surface area contributed by atoms with Crippen LogP contribution in [0.15, 0.2) is 9.85 Å². The third-order valence-corrected chi connectivity index (χ3v) is 3.59. The van der Waals surface area contributed by atoms with Crippen LogP contribution in [0.2, 0.25) is 4.34 Å². The number of halogens is 2. The van der Waals surface area contributed by atoms with Gasteiger partial charge in [-0.2, -0.15) is 0 Å². The van der Waals surface area contributed by atoms with Crippen LogP contribution in [-0.2, 0) is 4.57 Å². The minimum atomic E-state index is -3.57. The van der Waals surface area contributed by atoms with E-state index in [4.69, 9.17) is 22.6 Å². The van der Waals surface area contributed by atoms with Gasteiger partial charge in [0.15, 0.2) is 0 Å². The van der Waals surface area contributed by atoms with Gasteiger partial charge in [-0.25, -0.2) is 0 Å². The lowest BCUT2D eigenvalue weighted by molar-refractivity contribution is 0.0981. The summed E-state index contributed by atoms with van der Waals surface area (Å²) in [5.74, 6) is -0.648. The Morgan fingerprint density at radius 2 is 2.21 bits per heavy atom. The van der Waals surface area contributed by atoms with Crippen molar-refractivity contribution in [2.75, 3.05) is 0 Å². The SMILES string of the molecule is NP(N)(=O)NC(=O)c1cc(Br)sc1Cl. The molecule has 0 saturated carbocycles. The van der Waals surface area contributed by atoms with Gasteiger partial charge in [-0.15, -0.1) is 11.3 Å². The molecule has 0 atom stereocenters. The molecule has 5 nitrogen and oxygen atoms in total. The zero-order chi connectivity index (χ0) is 10.9. The second-order valence-electron chi connectivity index (χ2n) is 2.39. The summed E-state index contributed by atoms with van der Waals surface area (Å²) in [6.07, 6.45) is 0. The standard InChI is InChI=1S/C5H6BrClN3O2PS/c6-3-1-2(4(7)14-3)5(11)10-13(8,9)12/h1H,(H5,8,9,10,11,12). The van der Waals surface area contributed by atoms with E-state index in [2.05, 4.69) is 15.9 Å². The van der Waals surface area contributed by atoms with E-state index in [9.17, 15) is 9.36 Å². The highest BCUT2D eigenvalue weighted by atomic mass is 79.9. The number of hydrogen-bond donors (Lipinski definition) is 3. The first-order chi connectivity index (χ1) is 6.29. The molecule has 1 rings (SSSR count). The van der Waals surface area contributed by atoms with Crippen molar-refractivity contribution in [2.45, 2.75) is 0 Å². The molecule has 14 heavy (non-hydrogen) atoms. The minimum Gasteiger partial charge on any atom is -0.279 e. The molecular formula is C5H6BrClN3O2PS. The molecule has 9 heteroatoms. The summed E-state index contributed by atoms with van der Waals surface area (Å²) in [5.41, 5.74) is 10.2. The molecule has 78 valence electrons. The Morgan fingerprint density at radius 3 is 2.57 bits per heavy atom. The molecule has 1 amide bonds. The first-order valence-corrected chi connectivity index (χ1v) is 7.07. The molecule has 0 unspecified atom stereocenters. The minimum absolute atomic E-state index is 0.194. The van der Waals surface area contributed by atoms with Crippen molar-refractivity contribution < 1.29 is 9.36 Å². The van der Waals surface area contributed by atoms with Crippen LogP contribution in [0.3, 0.4) is 0 Å². The zero-order valence-electron chi connectivity index (χ0n) is 6.66. The number of hydrogen-bond acceptors (Lipinski definition) is 3. The van der Waals surface area contributed by atoms with Gasteiger partial charge in [0.2, 0.25) is 0 Å². The maximum atomic E-state index is 11.4. The molecule has 0 aliphatic rings. The van der Waals surface area contributed by atoms with Crippen LogP contribution in [0.25, 0.3) is 0 Å². The number of nitrogens with two attached hydrogens (primary N) is 2. The molecule has 0 saturated heterocycles. The highest BCUT2D eigenvalue weighted by Gasteiger charge is 2.19. The second kappa shape index (κ2) is 4.30. The summed E-state index contributed by atoms with van der Waals surface area (Å²) in [7, 11) is -3.57. The summed E-state index contributed by atoms with van der Waals surface area (Å²) in [4.78, 5) is 11.4. The third-order valence-electron chi connectivity index (χ3n) is 1.18. The highest BCUT2D eigenvalue weighted by Crippen LogP contribution is 2.32. The van der Waals surface area contributed by atoms with E-state index in [1.807, 2.05) is 5.09 Å². The summed E-state index contributed by atoms with van der Waals surface area (Å²) in [6, 6.07) is 1.50.